The Bertz CT molecular complexity index is 541. The maximum absolute atomic E-state index is 4.25. The van der Waals surface area contributed by atoms with Gasteiger partial charge in [0.05, 0.1) is 6.20 Å². The summed E-state index contributed by atoms with van der Waals surface area (Å²) in [6.07, 6.45) is 1.94. The van der Waals surface area contributed by atoms with Crippen molar-refractivity contribution in [2.75, 3.05) is 0 Å². The molecule has 0 radical (unpaired) electrons. The van der Waals surface area contributed by atoms with Crippen molar-refractivity contribution in [2.45, 2.75) is 33.9 Å². The second kappa shape index (κ2) is 5.36. The van der Waals surface area contributed by atoms with Crippen molar-refractivity contribution in [1.29, 1.82) is 0 Å². The first-order valence-electron chi connectivity index (χ1n) is 6.33. The highest BCUT2D eigenvalue weighted by Crippen LogP contribution is 2.12. The molecule has 2 rings (SSSR count). The summed E-state index contributed by atoms with van der Waals surface area (Å²) in [6, 6.07) is 6.46. The van der Waals surface area contributed by atoms with Crippen molar-refractivity contribution in [2.24, 2.45) is 7.05 Å². The third kappa shape index (κ3) is 2.62. The van der Waals surface area contributed by atoms with E-state index in [0.717, 1.165) is 13.1 Å². The molecule has 0 spiro atoms. The van der Waals surface area contributed by atoms with Gasteiger partial charge in [-0.1, -0.05) is 18.2 Å². The van der Waals surface area contributed by atoms with E-state index in [9.17, 15) is 0 Å². The number of benzene rings is 1. The zero-order valence-electron chi connectivity index (χ0n) is 11.6. The summed E-state index contributed by atoms with van der Waals surface area (Å²) in [5.74, 6) is 0. The Morgan fingerprint density at radius 1 is 1.11 bits per heavy atom. The molecule has 2 aromatic rings. The lowest BCUT2D eigenvalue weighted by Gasteiger charge is -2.09. The number of nitrogens with zero attached hydrogens (tertiary/aromatic N) is 2. The summed E-state index contributed by atoms with van der Waals surface area (Å²) >= 11 is 0. The van der Waals surface area contributed by atoms with Crippen molar-refractivity contribution < 1.29 is 0 Å². The molecule has 0 fully saturated rings. The van der Waals surface area contributed by atoms with Crippen LogP contribution in [0.15, 0.2) is 24.4 Å². The summed E-state index contributed by atoms with van der Waals surface area (Å²) in [5.41, 5.74) is 6.60. The first-order chi connectivity index (χ1) is 8.59. The molecule has 0 saturated carbocycles. The molecule has 96 valence electrons. The minimum Gasteiger partial charge on any atom is -0.308 e. The Morgan fingerprint density at radius 3 is 2.50 bits per heavy atom. The van der Waals surface area contributed by atoms with Crippen LogP contribution in [0.4, 0.5) is 0 Å². The molecule has 0 unspecified atom stereocenters. The third-order valence-corrected chi connectivity index (χ3v) is 3.68. The molecular formula is C15H21N3. The molecule has 1 heterocycles. The summed E-state index contributed by atoms with van der Waals surface area (Å²) in [5, 5.41) is 7.74. The van der Waals surface area contributed by atoms with E-state index in [2.05, 4.69) is 49.4 Å². The standard InChI is InChI=1S/C15H21N3/c1-11-6-5-7-14(12(11)2)8-16-9-15-10-17-18(4)13(15)3/h5-7,10,16H,8-9H2,1-4H3. The maximum atomic E-state index is 4.25. The van der Waals surface area contributed by atoms with Crippen molar-refractivity contribution in [3.63, 3.8) is 0 Å². The van der Waals surface area contributed by atoms with Crippen molar-refractivity contribution in [1.82, 2.24) is 15.1 Å². The van der Waals surface area contributed by atoms with Crippen LogP contribution in [-0.2, 0) is 20.1 Å². The summed E-state index contributed by atoms with van der Waals surface area (Å²) in [4.78, 5) is 0. The fourth-order valence-corrected chi connectivity index (χ4v) is 2.05. The molecule has 0 bridgehead atoms. The molecule has 1 N–H and O–H groups in total. The molecule has 0 aliphatic rings. The van der Waals surface area contributed by atoms with Gasteiger partial charge in [-0.25, -0.2) is 0 Å². The second-order valence-corrected chi connectivity index (χ2v) is 4.84. The number of rotatable bonds is 4. The monoisotopic (exact) mass is 243 g/mol. The lowest BCUT2D eigenvalue weighted by molar-refractivity contribution is 0.682. The molecule has 0 aliphatic heterocycles. The lowest BCUT2D eigenvalue weighted by Crippen LogP contribution is -2.14. The molecule has 3 heteroatoms. The van der Waals surface area contributed by atoms with Gasteiger partial charge in [0.1, 0.15) is 0 Å². The molecule has 1 aromatic carbocycles. The van der Waals surface area contributed by atoms with Gasteiger partial charge in [-0.15, -0.1) is 0 Å². The van der Waals surface area contributed by atoms with Gasteiger partial charge < -0.3 is 5.32 Å². The average Bonchev–Trinajstić information content (AvgIpc) is 2.66. The van der Waals surface area contributed by atoms with Crippen LogP contribution in [0.25, 0.3) is 0 Å². The molecule has 18 heavy (non-hydrogen) atoms. The van der Waals surface area contributed by atoms with Crippen LogP contribution >= 0.6 is 0 Å². The number of hydrogen-bond donors (Lipinski definition) is 1. The summed E-state index contributed by atoms with van der Waals surface area (Å²) in [7, 11) is 1.98. The molecule has 0 amide bonds. The van der Waals surface area contributed by atoms with Gasteiger partial charge >= 0.3 is 0 Å². The van der Waals surface area contributed by atoms with E-state index in [0.29, 0.717) is 0 Å². The SMILES string of the molecule is Cc1cccc(CNCc2cnn(C)c2C)c1C. The highest BCUT2D eigenvalue weighted by molar-refractivity contribution is 5.33. The largest absolute Gasteiger partial charge is 0.308 e. The zero-order chi connectivity index (χ0) is 13.1. The van der Waals surface area contributed by atoms with Gasteiger partial charge in [-0.05, 0) is 37.5 Å². The van der Waals surface area contributed by atoms with Gasteiger partial charge in [0.2, 0.25) is 0 Å². The number of aromatic nitrogens is 2. The van der Waals surface area contributed by atoms with Gasteiger partial charge in [0, 0.05) is 31.4 Å². The Balaban J connectivity index is 1.97. The Hall–Kier alpha value is -1.61. The predicted octanol–water partition coefficient (Wildman–Crippen LogP) is 2.64. The zero-order valence-corrected chi connectivity index (χ0v) is 11.6. The smallest absolute Gasteiger partial charge is 0.0537 e. The molecule has 0 atom stereocenters. The molecule has 3 nitrogen and oxygen atoms in total. The van der Waals surface area contributed by atoms with E-state index in [4.69, 9.17) is 0 Å². The van der Waals surface area contributed by atoms with Crippen molar-refractivity contribution in [3.8, 4) is 0 Å². The highest BCUT2D eigenvalue weighted by Gasteiger charge is 2.04. The number of aryl methyl sites for hydroxylation is 2. The fraction of sp³-hybridized carbons (Fsp3) is 0.400. The Labute approximate surface area is 109 Å². The van der Waals surface area contributed by atoms with Crippen LogP contribution in [-0.4, -0.2) is 9.78 Å². The van der Waals surface area contributed by atoms with Crippen LogP contribution < -0.4 is 5.32 Å². The van der Waals surface area contributed by atoms with Crippen molar-refractivity contribution >= 4 is 0 Å². The van der Waals surface area contributed by atoms with E-state index >= 15 is 0 Å². The van der Waals surface area contributed by atoms with E-state index in [-0.39, 0.29) is 0 Å². The molecule has 0 aliphatic carbocycles. The van der Waals surface area contributed by atoms with Gasteiger partial charge in [0.15, 0.2) is 0 Å². The summed E-state index contributed by atoms with van der Waals surface area (Å²) in [6.45, 7) is 8.21. The predicted molar refractivity (Wildman–Crippen MR) is 74.4 cm³/mol. The normalized spacial score (nSPS) is 10.9. The first-order valence-corrected chi connectivity index (χ1v) is 6.33. The third-order valence-electron chi connectivity index (χ3n) is 3.68. The number of hydrogen-bond acceptors (Lipinski definition) is 2. The second-order valence-electron chi connectivity index (χ2n) is 4.84. The van der Waals surface area contributed by atoms with Crippen LogP contribution in [0.3, 0.4) is 0 Å². The van der Waals surface area contributed by atoms with Crippen LogP contribution in [0.5, 0.6) is 0 Å². The Morgan fingerprint density at radius 2 is 1.83 bits per heavy atom. The summed E-state index contributed by atoms with van der Waals surface area (Å²) < 4.78 is 1.91. The van der Waals surface area contributed by atoms with E-state index in [1.165, 1.54) is 27.9 Å². The molecular weight excluding hydrogens is 222 g/mol. The lowest BCUT2D eigenvalue weighted by atomic mass is 10.0. The van der Waals surface area contributed by atoms with Crippen LogP contribution in [0, 0.1) is 20.8 Å². The van der Waals surface area contributed by atoms with Gasteiger partial charge in [-0.2, -0.15) is 5.10 Å². The van der Waals surface area contributed by atoms with Crippen molar-refractivity contribution in [3.05, 3.63) is 52.3 Å². The van der Waals surface area contributed by atoms with Crippen LogP contribution in [0.1, 0.15) is 27.9 Å². The minimum absolute atomic E-state index is 0.868. The van der Waals surface area contributed by atoms with Crippen LogP contribution in [0.2, 0.25) is 0 Å². The van der Waals surface area contributed by atoms with Gasteiger partial charge in [-0.3, -0.25) is 4.68 Å². The van der Waals surface area contributed by atoms with Gasteiger partial charge in [0.25, 0.3) is 0 Å². The first kappa shape index (κ1) is 12.8. The van der Waals surface area contributed by atoms with E-state index in [1.807, 2.05) is 17.9 Å². The minimum atomic E-state index is 0.868. The quantitative estimate of drug-likeness (QED) is 0.894. The van der Waals surface area contributed by atoms with E-state index < -0.39 is 0 Å². The Kier molecular flexibility index (Phi) is 3.82. The number of nitrogens with one attached hydrogen (secondary N) is 1. The average molecular weight is 243 g/mol. The van der Waals surface area contributed by atoms with E-state index in [1.54, 1.807) is 0 Å². The fourth-order valence-electron chi connectivity index (χ4n) is 2.05. The molecule has 1 aromatic heterocycles. The topological polar surface area (TPSA) is 29.9 Å². The maximum Gasteiger partial charge on any atom is 0.0537 e. The highest BCUT2D eigenvalue weighted by atomic mass is 15.3. The molecule has 0 saturated heterocycles.